The zero-order valence-electron chi connectivity index (χ0n) is 17.3. The maximum atomic E-state index is 12.5. The highest BCUT2D eigenvalue weighted by Gasteiger charge is 2.13. The SMILES string of the molecule is CCCc1nc(C)[nH]c(=O)c1Cc1ccc(-c2ccccc2-c2noc(=O)[nH]2)cc1.Cl. The van der Waals surface area contributed by atoms with Crippen molar-refractivity contribution in [3.63, 3.8) is 0 Å². The highest BCUT2D eigenvalue weighted by atomic mass is 35.5. The average Bonchev–Trinajstić information content (AvgIpc) is 3.17. The molecule has 0 aliphatic heterocycles. The number of aromatic nitrogens is 4. The molecule has 0 aliphatic carbocycles. The molecule has 0 bridgehead atoms. The van der Waals surface area contributed by atoms with Crippen molar-refractivity contribution in [3.8, 4) is 22.5 Å². The third kappa shape index (κ3) is 4.83. The van der Waals surface area contributed by atoms with Gasteiger partial charge in [-0.15, -0.1) is 12.4 Å². The molecule has 2 aromatic carbocycles. The number of benzene rings is 2. The Bertz CT molecular complexity index is 1290. The Balaban J connectivity index is 0.00000272. The van der Waals surface area contributed by atoms with Crippen molar-refractivity contribution in [1.29, 1.82) is 0 Å². The molecule has 2 heterocycles. The van der Waals surface area contributed by atoms with E-state index in [1.165, 1.54) is 0 Å². The zero-order chi connectivity index (χ0) is 21.1. The van der Waals surface area contributed by atoms with Crippen molar-refractivity contribution in [2.45, 2.75) is 33.1 Å². The van der Waals surface area contributed by atoms with Crippen LogP contribution in [0.5, 0.6) is 0 Å². The van der Waals surface area contributed by atoms with Crippen LogP contribution < -0.4 is 11.3 Å². The molecule has 4 rings (SSSR count). The van der Waals surface area contributed by atoms with Crippen LogP contribution in [0, 0.1) is 6.92 Å². The summed E-state index contributed by atoms with van der Waals surface area (Å²) < 4.78 is 4.65. The van der Waals surface area contributed by atoms with Crippen LogP contribution in [0.4, 0.5) is 0 Å². The largest absolute Gasteiger partial charge is 0.439 e. The summed E-state index contributed by atoms with van der Waals surface area (Å²) in [5, 5.41) is 3.80. The van der Waals surface area contributed by atoms with E-state index >= 15 is 0 Å². The summed E-state index contributed by atoms with van der Waals surface area (Å²) in [6, 6.07) is 15.7. The third-order valence-corrected chi connectivity index (χ3v) is 4.97. The molecule has 0 atom stereocenters. The minimum Gasteiger partial charge on any atom is -0.311 e. The van der Waals surface area contributed by atoms with Gasteiger partial charge in [0.15, 0.2) is 5.82 Å². The standard InChI is InChI=1S/C23H22N4O3.ClH/c1-3-6-20-19(22(28)25-14(2)24-20)13-15-9-11-16(12-10-15)17-7-4-5-8-18(17)21-26-23(29)30-27-21;/h4-5,7-12H,3,6,13H2,1-2H3,(H,24,25,28)(H,26,27,29);1H. The minimum atomic E-state index is -0.588. The van der Waals surface area contributed by atoms with Gasteiger partial charge in [0.25, 0.3) is 5.56 Å². The first-order valence-corrected chi connectivity index (χ1v) is 9.88. The molecule has 0 saturated heterocycles. The Morgan fingerprint density at radius 1 is 0.968 bits per heavy atom. The van der Waals surface area contributed by atoms with Crippen molar-refractivity contribution in [3.05, 3.63) is 92.1 Å². The zero-order valence-corrected chi connectivity index (χ0v) is 18.1. The molecule has 4 aromatic rings. The summed E-state index contributed by atoms with van der Waals surface area (Å²) in [6.07, 6.45) is 2.24. The Hall–Kier alpha value is -3.45. The second kappa shape index (κ2) is 9.57. The fourth-order valence-corrected chi connectivity index (χ4v) is 3.59. The maximum absolute atomic E-state index is 12.5. The van der Waals surface area contributed by atoms with Crippen LogP contribution in [0.2, 0.25) is 0 Å². The summed E-state index contributed by atoms with van der Waals surface area (Å²) in [7, 11) is 0. The molecule has 2 aromatic heterocycles. The van der Waals surface area contributed by atoms with Gasteiger partial charge in [-0.1, -0.05) is 67.0 Å². The average molecular weight is 439 g/mol. The highest BCUT2D eigenvalue weighted by Crippen LogP contribution is 2.30. The van der Waals surface area contributed by atoms with Crippen molar-refractivity contribution in [2.75, 3.05) is 0 Å². The maximum Gasteiger partial charge on any atom is 0.439 e. The molecule has 0 fully saturated rings. The molecule has 0 saturated carbocycles. The number of H-pyrrole nitrogens is 2. The van der Waals surface area contributed by atoms with Gasteiger partial charge in [-0.3, -0.25) is 14.3 Å². The number of aromatic amines is 2. The predicted molar refractivity (Wildman–Crippen MR) is 122 cm³/mol. The van der Waals surface area contributed by atoms with E-state index in [0.717, 1.165) is 46.4 Å². The van der Waals surface area contributed by atoms with Crippen LogP contribution in [0.25, 0.3) is 22.5 Å². The molecule has 0 amide bonds. The van der Waals surface area contributed by atoms with Gasteiger partial charge in [0.2, 0.25) is 0 Å². The summed E-state index contributed by atoms with van der Waals surface area (Å²) in [4.78, 5) is 33.8. The number of nitrogens with one attached hydrogen (secondary N) is 2. The van der Waals surface area contributed by atoms with Crippen LogP contribution in [0.15, 0.2) is 62.6 Å². The number of hydrogen-bond donors (Lipinski definition) is 2. The second-order valence-electron chi connectivity index (χ2n) is 7.19. The van der Waals surface area contributed by atoms with Gasteiger partial charge in [0.05, 0.1) is 5.69 Å². The third-order valence-electron chi connectivity index (χ3n) is 4.97. The van der Waals surface area contributed by atoms with E-state index in [1.54, 1.807) is 6.92 Å². The molecule has 7 nitrogen and oxygen atoms in total. The van der Waals surface area contributed by atoms with E-state index in [1.807, 2.05) is 48.5 Å². The Morgan fingerprint density at radius 2 is 1.68 bits per heavy atom. The topological polar surface area (TPSA) is 105 Å². The fraction of sp³-hybridized carbons (Fsp3) is 0.217. The molecule has 0 radical (unpaired) electrons. The Kier molecular flexibility index (Phi) is 6.87. The molecule has 31 heavy (non-hydrogen) atoms. The van der Waals surface area contributed by atoms with Crippen LogP contribution >= 0.6 is 12.4 Å². The number of rotatable bonds is 6. The van der Waals surface area contributed by atoms with Gasteiger partial charge in [0, 0.05) is 17.5 Å². The van der Waals surface area contributed by atoms with Gasteiger partial charge >= 0.3 is 5.76 Å². The first kappa shape index (κ1) is 22.2. The van der Waals surface area contributed by atoms with E-state index in [2.05, 4.69) is 31.6 Å². The van der Waals surface area contributed by atoms with E-state index < -0.39 is 5.76 Å². The lowest BCUT2D eigenvalue weighted by Crippen LogP contribution is -2.19. The van der Waals surface area contributed by atoms with Crippen LogP contribution in [0.1, 0.15) is 36.0 Å². The molecular formula is C23H23ClN4O3. The van der Waals surface area contributed by atoms with E-state index in [9.17, 15) is 9.59 Å². The Morgan fingerprint density at radius 3 is 2.32 bits per heavy atom. The van der Waals surface area contributed by atoms with E-state index in [0.29, 0.717) is 18.1 Å². The van der Waals surface area contributed by atoms with Gasteiger partial charge in [-0.25, -0.2) is 9.78 Å². The van der Waals surface area contributed by atoms with Gasteiger partial charge in [-0.2, -0.15) is 0 Å². The lowest BCUT2D eigenvalue weighted by atomic mass is 9.96. The van der Waals surface area contributed by atoms with Crippen molar-refractivity contribution in [2.24, 2.45) is 0 Å². The predicted octanol–water partition coefficient (Wildman–Crippen LogP) is 4.05. The molecule has 160 valence electrons. The molecule has 0 unspecified atom stereocenters. The van der Waals surface area contributed by atoms with E-state index in [4.69, 9.17) is 0 Å². The quantitative estimate of drug-likeness (QED) is 0.472. The molecule has 2 N–H and O–H groups in total. The van der Waals surface area contributed by atoms with Crippen molar-refractivity contribution in [1.82, 2.24) is 20.1 Å². The van der Waals surface area contributed by atoms with Crippen molar-refractivity contribution < 1.29 is 4.52 Å². The normalized spacial score (nSPS) is 10.6. The molecular weight excluding hydrogens is 416 g/mol. The molecule has 8 heteroatoms. The first-order chi connectivity index (χ1) is 14.5. The second-order valence-corrected chi connectivity index (χ2v) is 7.19. The highest BCUT2D eigenvalue weighted by molar-refractivity contribution is 5.85. The van der Waals surface area contributed by atoms with Crippen LogP contribution in [-0.2, 0) is 12.8 Å². The van der Waals surface area contributed by atoms with Gasteiger partial charge in [0.1, 0.15) is 5.82 Å². The number of nitrogens with zero attached hydrogens (tertiary/aromatic N) is 2. The summed E-state index contributed by atoms with van der Waals surface area (Å²) in [5.74, 6) is 0.446. The van der Waals surface area contributed by atoms with E-state index in [-0.39, 0.29) is 18.0 Å². The summed E-state index contributed by atoms with van der Waals surface area (Å²) in [5.41, 5.74) is 5.22. The smallest absolute Gasteiger partial charge is 0.311 e. The molecule has 0 spiro atoms. The summed E-state index contributed by atoms with van der Waals surface area (Å²) >= 11 is 0. The fourth-order valence-electron chi connectivity index (χ4n) is 3.59. The lowest BCUT2D eigenvalue weighted by molar-refractivity contribution is 0.388. The number of hydrogen-bond acceptors (Lipinski definition) is 5. The number of aryl methyl sites for hydroxylation is 2. The van der Waals surface area contributed by atoms with Crippen LogP contribution in [-0.4, -0.2) is 20.1 Å². The minimum absolute atomic E-state index is 0. The van der Waals surface area contributed by atoms with Gasteiger partial charge < -0.3 is 4.98 Å². The summed E-state index contributed by atoms with van der Waals surface area (Å²) in [6.45, 7) is 3.88. The van der Waals surface area contributed by atoms with Crippen LogP contribution in [0.3, 0.4) is 0 Å². The molecule has 0 aliphatic rings. The monoisotopic (exact) mass is 438 g/mol. The first-order valence-electron chi connectivity index (χ1n) is 9.88. The number of halogens is 1. The van der Waals surface area contributed by atoms with Crippen molar-refractivity contribution >= 4 is 12.4 Å². The lowest BCUT2D eigenvalue weighted by Gasteiger charge is -2.10. The van der Waals surface area contributed by atoms with Gasteiger partial charge in [-0.05, 0) is 30.0 Å². The Labute approximate surface area is 185 Å².